The van der Waals surface area contributed by atoms with Gasteiger partial charge in [0.05, 0.1) is 41.8 Å². The van der Waals surface area contributed by atoms with Crippen LogP contribution in [0, 0.1) is 0 Å². The summed E-state index contributed by atoms with van der Waals surface area (Å²) in [4.78, 5) is 35.8. The number of pyridine rings is 2. The van der Waals surface area contributed by atoms with Crippen LogP contribution in [0.15, 0.2) is 60.8 Å². The minimum atomic E-state index is -0.269. The Morgan fingerprint density at radius 3 is 2.53 bits per heavy atom. The van der Waals surface area contributed by atoms with E-state index in [0.717, 1.165) is 59.2 Å². The number of hydrogen-bond acceptors (Lipinski definition) is 9. The van der Waals surface area contributed by atoms with Crippen molar-refractivity contribution >= 4 is 35.1 Å². The Balaban J connectivity index is 1.22. The van der Waals surface area contributed by atoms with Gasteiger partial charge in [0.15, 0.2) is 0 Å². The molecule has 2 aliphatic rings. The lowest BCUT2D eigenvalue weighted by molar-refractivity contribution is -0.153. The molecule has 268 valence electrons. The van der Waals surface area contributed by atoms with Crippen molar-refractivity contribution in [2.75, 3.05) is 27.3 Å². The highest BCUT2D eigenvalue weighted by molar-refractivity contribution is 6.39. The molecule has 2 aromatic carbocycles. The van der Waals surface area contributed by atoms with Crippen LogP contribution in [-0.4, -0.2) is 72.2 Å². The molecule has 12 heteroatoms. The molecule has 6 rings (SSSR count). The number of halogens is 2. The number of nitrogens with one attached hydrogen (secondary N) is 2. The molecule has 2 aliphatic heterocycles. The lowest BCUT2D eigenvalue weighted by atomic mass is 9.99. The highest BCUT2D eigenvalue weighted by Gasteiger charge is 2.33. The summed E-state index contributed by atoms with van der Waals surface area (Å²) in [6.45, 7) is 6.32. The summed E-state index contributed by atoms with van der Waals surface area (Å²) >= 11 is 14.2. The van der Waals surface area contributed by atoms with Gasteiger partial charge >= 0.3 is 5.97 Å². The third-order valence-electron chi connectivity index (χ3n) is 9.30. The zero-order valence-electron chi connectivity index (χ0n) is 29.3. The van der Waals surface area contributed by atoms with Crippen molar-refractivity contribution in [2.24, 2.45) is 0 Å². The van der Waals surface area contributed by atoms with Gasteiger partial charge < -0.3 is 24.8 Å². The lowest BCUT2D eigenvalue weighted by Crippen LogP contribution is -2.37. The molecule has 0 radical (unpaired) electrons. The summed E-state index contributed by atoms with van der Waals surface area (Å²) in [7, 11) is 3.23. The molecular weight excluding hydrogens is 689 g/mol. The molecule has 0 unspecified atom stereocenters. The first-order valence-electron chi connectivity index (χ1n) is 17.3. The fourth-order valence-corrected chi connectivity index (χ4v) is 7.41. The highest BCUT2D eigenvalue weighted by atomic mass is 35.5. The number of carbonyl (C=O) groups is 2. The second-order valence-corrected chi connectivity index (χ2v) is 13.9. The molecule has 1 amide bonds. The molecule has 2 N–H and O–H groups in total. The van der Waals surface area contributed by atoms with Gasteiger partial charge in [0.2, 0.25) is 11.8 Å². The van der Waals surface area contributed by atoms with E-state index >= 15 is 0 Å². The fraction of sp³-hybridized carbons (Fsp3) is 0.385. The number of carbonyl (C=O) groups excluding carboxylic acids is 2. The first-order valence-corrected chi connectivity index (χ1v) is 18.0. The number of methoxy groups -OCH3 is 2. The molecule has 0 spiro atoms. The van der Waals surface area contributed by atoms with E-state index in [1.807, 2.05) is 68.4 Å². The van der Waals surface area contributed by atoms with E-state index in [-0.39, 0.29) is 30.1 Å². The van der Waals surface area contributed by atoms with Gasteiger partial charge in [-0.05, 0) is 57.9 Å². The predicted octanol–water partition coefficient (Wildman–Crippen LogP) is 7.09. The first-order chi connectivity index (χ1) is 24.7. The predicted molar refractivity (Wildman–Crippen MR) is 199 cm³/mol. The summed E-state index contributed by atoms with van der Waals surface area (Å²) in [5.74, 6) is 1.09. The average Bonchev–Trinajstić information content (AvgIpc) is 3.77. The van der Waals surface area contributed by atoms with Crippen LogP contribution in [0.5, 0.6) is 11.6 Å². The number of benzene rings is 2. The van der Waals surface area contributed by atoms with E-state index in [1.165, 1.54) is 0 Å². The van der Waals surface area contributed by atoms with Gasteiger partial charge in [-0.25, -0.2) is 4.98 Å². The number of amides is 1. The molecule has 4 heterocycles. The average molecular weight is 733 g/mol. The van der Waals surface area contributed by atoms with E-state index in [2.05, 4.69) is 20.5 Å². The zero-order chi connectivity index (χ0) is 36.1. The molecule has 10 nitrogen and oxygen atoms in total. The van der Waals surface area contributed by atoms with Gasteiger partial charge in [-0.3, -0.25) is 19.5 Å². The van der Waals surface area contributed by atoms with Crippen molar-refractivity contribution in [1.29, 1.82) is 0 Å². The van der Waals surface area contributed by atoms with E-state index in [9.17, 15) is 9.59 Å². The lowest BCUT2D eigenvalue weighted by Gasteiger charge is -2.25. The van der Waals surface area contributed by atoms with Gasteiger partial charge in [0.25, 0.3) is 0 Å². The van der Waals surface area contributed by atoms with Gasteiger partial charge in [0.1, 0.15) is 11.8 Å². The monoisotopic (exact) mass is 731 g/mol. The molecule has 2 aromatic heterocycles. The Bertz CT molecular complexity index is 1900. The standard InChI is InChI=1S/C39H43Cl2N5O5/c1-23(2)51-39(48)32-9-6-18-46(32)22-26-11-10-24(19-33(26)49-3)37-36(41)29(16-17-43-37)28-7-5-8-30(35(28)40)31-14-12-25(38(45-31)50-4)20-42-21-27-13-15-34(47)44-27/h5,7-8,10-12,14,16-17,19,23,27,32,42H,6,9,13,15,18,20-22H2,1-4H3,(H,44,47)/t27-,32-/m0/s1. The summed E-state index contributed by atoms with van der Waals surface area (Å²) < 4.78 is 17.0. The molecule has 2 fully saturated rings. The van der Waals surface area contributed by atoms with Gasteiger partial charge in [-0.15, -0.1) is 0 Å². The summed E-state index contributed by atoms with van der Waals surface area (Å²) in [5.41, 5.74) is 6.10. The van der Waals surface area contributed by atoms with Crippen LogP contribution in [-0.2, 0) is 27.4 Å². The van der Waals surface area contributed by atoms with Crippen LogP contribution in [0.1, 0.15) is 50.7 Å². The topological polar surface area (TPSA) is 115 Å². The molecule has 0 aliphatic carbocycles. The van der Waals surface area contributed by atoms with Gasteiger partial charge in [-0.1, -0.05) is 59.6 Å². The smallest absolute Gasteiger partial charge is 0.323 e. The Kier molecular flexibility index (Phi) is 11.8. The number of esters is 1. The molecule has 0 bridgehead atoms. The maximum Gasteiger partial charge on any atom is 0.323 e. The van der Waals surface area contributed by atoms with E-state index < -0.39 is 0 Å². The zero-order valence-corrected chi connectivity index (χ0v) is 30.8. The maximum absolute atomic E-state index is 12.7. The van der Waals surface area contributed by atoms with Crippen LogP contribution < -0.4 is 20.1 Å². The molecular formula is C39H43Cl2N5O5. The summed E-state index contributed by atoms with van der Waals surface area (Å²) in [5, 5.41) is 7.32. The number of nitrogens with zero attached hydrogens (tertiary/aromatic N) is 3. The number of rotatable bonds is 13. The number of likely N-dealkylation sites (tertiary alicyclic amines) is 1. The van der Waals surface area contributed by atoms with Crippen LogP contribution in [0.3, 0.4) is 0 Å². The van der Waals surface area contributed by atoms with E-state index in [1.54, 1.807) is 20.4 Å². The van der Waals surface area contributed by atoms with Crippen LogP contribution in [0.4, 0.5) is 0 Å². The van der Waals surface area contributed by atoms with Crippen molar-refractivity contribution in [1.82, 2.24) is 25.5 Å². The maximum atomic E-state index is 12.7. The van der Waals surface area contributed by atoms with Crippen molar-refractivity contribution in [3.8, 4) is 45.3 Å². The van der Waals surface area contributed by atoms with Crippen LogP contribution in [0.2, 0.25) is 10.0 Å². The third kappa shape index (κ3) is 8.31. The Hall–Kier alpha value is -4.22. The SMILES string of the molecule is COc1cc(-c2nccc(-c3cccc(-c4ccc(CNC[C@@H]5CCC(=O)N5)c(OC)n4)c3Cl)c2Cl)ccc1CN1CCC[C@H]1C(=O)OC(C)C. The Labute approximate surface area is 308 Å². The normalized spacial score (nSPS) is 17.5. The van der Waals surface area contributed by atoms with Gasteiger partial charge in [0, 0.05) is 71.7 Å². The van der Waals surface area contributed by atoms with Crippen molar-refractivity contribution < 1.29 is 23.8 Å². The van der Waals surface area contributed by atoms with Crippen LogP contribution in [0.25, 0.3) is 33.6 Å². The minimum Gasteiger partial charge on any atom is -0.496 e. The molecule has 4 aromatic rings. The molecule has 51 heavy (non-hydrogen) atoms. The van der Waals surface area contributed by atoms with Crippen molar-refractivity contribution in [2.45, 2.75) is 70.8 Å². The fourth-order valence-electron chi connectivity index (χ4n) is 6.77. The molecule has 2 atom stereocenters. The van der Waals surface area contributed by atoms with Gasteiger partial charge in [-0.2, -0.15) is 0 Å². The second kappa shape index (κ2) is 16.4. The first kappa shape index (κ1) is 36.6. The minimum absolute atomic E-state index is 0.0958. The van der Waals surface area contributed by atoms with E-state index in [0.29, 0.717) is 59.1 Å². The second-order valence-electron chi connectivity index (χ2n) is 13.1. The largest absolute Gasteiger partial charge is 0.496 e. The number of aromatic nitrogens is 2. The summed E-state index contributed by atoms with van der Waals surface area (Å²) in [6, 6.07) is 17.3. The number of hydrogen-bond donors (Lipinski definition) is 2. The van der Waals surface area contributed by atoms with E-state index in [4.69, 9.17) is 42.4 Å². The Morgan fingerprint density at radius 2 is 1.78 bits per heavy atom. The Morgan fingerprint density at radius 1 is 1.00 bits per heavy atom. The number of ether oxygens (including phenoxy) is 3. The van der Waals surface area contributed by atoms with Crippen molar-refractivity contribution in [3.05, 3.63) is 82.0 Å². The van der Waals surface area contributed by atoms with Crippen molar-refractivity contribution in [3.63, 3.8) is 0 Å². The molecule has 0 saturated carbocycles. The molecule has 2 saturated heterocycles. The summed E-state index contributed by atoms with van der Waals surface area (Å²) in [6.07, 6.45) is 4.67. The third-order valence-corrected chi connectivity index (χ3v) is 10.1. The van der Waals surface area contributed by atoms with Crippen LogP contribution >= 0.6 is 23.2 Å². The quantitative estimate of drug-likeness (QED) is 0.139. The highest BCUT2D eigenvalue weighted by Crippen LogP contribution is 2.42.